The van der Waals surface area contributed by atoms with E-state index in [9.17, 15) is 0 Å². The first kappa shape index (κ1) is 23.3. The van der Waals surface area contributed by atoms with E-state index in [1.807, 2.05) is 7.05 Å². The van der Waals surface area contributed by atoms with E-state index < -0.39 is 0 Å². The van der Waals surface area contributed by atoms with Crippen LogP contribution < -0.4 is 20.3 Å². The summed E-state index contributed by atoms with van der Waals surface area (Å²) in [5.41, 5.74) is 3.99. The van der Waals surface area contributed by atoms with Crippen LogP contribution in [-0.2, 0) is 6.42 Å². The zero-order chi connectivity index (χ0) is 22.2. The van der Waals surface area contributed by atoms with Crippen LogP contribution >= 0.6 is 0 Å². The number of hydrogen-bond donors (Lipinski definition) is 2. The highest BCUT2D eigenvalue weighted by Crippen LogP contribution is 2.35. The molecule has 2 aromatic rings. The molecule has 170 valence electrons. The summed E-state index contributed by atoms with van der Waals surface area (Å²) >= 11 is 0. The fourth-order valence-electron chi connectivity index (χ4n) is 3.79. The van der Waals surface area contributed by atoms with Crippen LogP contribution in [0.2, 0.25) is 0 Å². The summed E-state index contributed by atoms with van der Waals surface area (Å²) in [6.45, 7) is 13.1. The van der Waals surface area contributed by atoms with Crippen LogP contribution in [0.1, 0.15) is 64.3 Å². The van der Waals surface area contributed by atoms with Gasteiger partial charge in [0.25, 0.3) is 5.88 Å². The van der Waals surface area contributed by atoms with Gasteiger partial charge in [-0.1, -0.05) is 40.5 Å². The van der Waals surface area contributed by atoms with Gasteiger partial charge >= 0.3 is 0 Å². The molecule has 1 aliphatic rings. The Hall–Kier alpha value is -2.41. The van der Waals surface area contributed by atoms with Gasteiger partial charge in [0.2, 0.25) is 0 Å². The van der Waals surface area contributed by atoms with Crippen LogP contribution in [0.3, 0.4) is 0 Å². The first-order chi connectivity index (χ1) is 15.1. The second-order valence-corrected chi connectivity index (χ2v) is 8.33. The Morgan fingerprint density at radius 3 is 2.52 bits per heavy atom. The zero-order valence-corrected chi connectivity index (χ0v) is 19.8. The minimum absolute atomic E-state index is 0.374. The van der Waals surface area contributed by atoms with Crippen molar-refractivity contribution in [2.75, 3.05) is 50.1 Å². The summed E-state index contributed by atoms with van der Waals surface area (Å²) in [5.74, 6) is 2.66. The van der Waals surface area contributed by atoms with Gasteiger partial charge in [-0.25, -0.2) is 15.0 Å². The van der Waals surface area contributed by atoms with Crippen molar-refractivity contribution in [3.63, 3.8) is 0 Å². The molecular weight excluding hydrogens is 388 g/mol. The van der Waals surface area contributed by atoms with Crippen LogP contribution in [0, 0.1) is 0 Å². The fraction of sp³-hybridized carbons (Fsp3) is 0.625. The first-order valence-corrected chi connectivity index (χ1v) is 11.8. The molecule has 3 rings (SSSR count). The van der Waals surface area contributed by atoms with Crippen LogP contribution in [0.4, 0.5) is 11.6 Å². The van der Waals surface area contributed by atoms with Crippen molar-refractivity contribution in [1.82, 2.24) is 20.3 Å². The molecule has 0 aliphatic carbocycles. The maximum Gasteiger partial charge on any atom is 0.257 e. The van der Waals surface area contributed by atoms with Crippen LogP contribution in [0.15, 0.2) is 12.1 Å². The second kappa shape index (κ2) is 11.3. The highest BCUT2D eigenvalue weighted by molar-refractivity contribution is 5.76. The van der Waals surface area contributed by atoms with Crippen molar-refractivity contribution in [2.24, 2.45) is 0 Å². The van der Waals surface area contributed by atoms with Crippen LogP contribution in [0.5, 0.6) is 5.88 Å². The quantitative estimate of drug-likeness (QED) is 0.550. The van der Waals surface area contributed by atoms with E-state index in [4.69, 9.17) is 19.7 Å². The lowest BCUT2D eigenvalue weighted by Gasteiger charge is -2.31. The Balaban J connectivity index is 2.03. The third-order valence-corrected chi connectivity index (χ3v) is 5.65. The van der Waals surface area contributed by atoms with Gasteiger partial charge < -0.3 is 20.3 Å². The summed E-state index contributed by atoms with van der Waals surface area (Å²) in [6.07, 6.45) is 4.13. The molecule has 3 heterocycles. The summed E-state index contributed by atoms with van der Waals surface area (Å²) in [4.78, 5) is 17.3. The molecule has 0 saturated carbocycles. The van der Waals surface area contributed by atoms with Crippen molar-refractivity contribution in [3.8, 4) is 17.1 Å². The number of nitrogens with zero attached hydrogens (tertiary/aromatic N) is 4. The number of pyridine rings is 1. The smallest absolute Gasteiger partial charge is 0.257 e. The van der Waals surface area contributed by atoms with Gasteiger partial charge in [-0.15, -0.1) is 0 Å². The molecule has 0 unspecified atom stereocenters. The molecule has 1 aliphatic heterocycles. The molecule has 0 bridgehead atoms. The summed E-state index contributed by atoms with van der Waals surface area (Å²) in [6, 6.07) is 4.30. The molecule has 0 aromatic carbocycles. The molecule has 7 nitrogen and oxygen atoms in total. The molecule has 0 radical (unpaired) electrons. The predicted octanol–water partition coefficient (Wildman–Crippen LogP) is 4.24. The molecule has 0 atom stereocenters. The molecular formula is C24H38N6O. The van der Waals surface area contributed by atoms with Gasteiger partial charge in [-0.3, -0.25) is 0 Å². The van der Waals surface area contributed by atoms with Crippen molar-refractivity contribution in [3.05, 3.63) is 23.5 Å². The van der Waals surface area contributed by atoms with Crippen molar-refractivity contribution in [1.29, 1.82) is 0 Å². The Bertz CT molecular complexity index is 848. The van der Waals surface area contributed by atoms with Gasteiger partial charge in [-0.2, -0.15) is 0 Å². The Morgan fingerprint density at radius 2 is 1.87 bits per heavy atom. The van der Waals surface area contributed by atoms with E-state index in [0.717, 1.165) is 73.9 Å². The number of ether oxygens (including phenoxy) is 1. The van der Waals surface area contributed by atoms with Gasteiger partial charge in [0, 0.05) is 44.5 Å². The Kier molecular flexibility index (Phi) is 8.46. The minimum atomic E-state index is 0.374. The lowest BCUT2D eigenvalue weighted by atomic mass is 10.0. The topological polar surface area (TPSA) is 75.2 Å². The lowest BCUT2D eigenvalue weighted by molar-refractivity contribution is 0.294. The summed E-state index contributed by atoms with van der Waals surface area (Å²) < 4.78 is 5.99. The average Bonchev–Trinajstić information content (AvgIpc) is 2.81. The van der Waals surface area contributed by atoms with Crippen molar-refractivity contribution in [2.45, 2.75) is 59.3 Å². The van der Waals surface area contributed by atoms with Gasteiger partial charge in [0.1, 0.15) is 5.82 Å². The normalized spacial score (nSPS) is 14.2. The standard InChI is InChI=1S/C24H38N6O/c1-6-8-9-16-31-24-22(25-5)29-21(19(7-2)28-24)18-10-11-20(17(3)4)27-23(18)30-14-12-26-13-15-30/h10-11,17,26H,6-9,12-16H2,1-5H3,(H,25,29). The number of aromatic nitrogens is 3. The van der Waals surface area contributed by atoms with Gasteiger partial charge in [0.15, 0.2) is 5.82 Å². The van der Waals surface area contributed by atoms with E-state index in [2.05, 4.69) is 55.4 Å². The number of nitrogens with one attached hydrogen (secondary N) is 2. The molecule has 2 aromatic heterocycles. The maximum absolute atomic E-state index is 5.99. The Labute approximate surface area is 187 Å². The lowest BCUT2D eigenvalue weighted by Crippen LogP contribution is -2.44. The molecule has 7 heteroatoms. The number of rotatable bonds is 10. The summed E-state index contributed by atoms with van der Waals surface area (Å²) in [5, 5.41) is 6.62. The van der Waals surface area contributed by atoms with E-state index >= 15 is 0 Å². The molecule has 0 spiro atoms. The highest BCUT2D eigenvalue weighted by atomic mass is 16.5. The van der Waals surface area contributed by atoms with E-state index in [-0.39, 0.29) is 0 Å². The maximum atomic E-state index is 5.99. The molecule has 2 N–H and O–H groups in total. The molecule has 1 saturated heterocycles. The number of anilines is 2. The van der Waals surface area contributed by atoms with Gasteiger partial charge in [0.05, 0.1) is 18.0 Å². The van der Waals surface area contributed by atoms with Gasteiger partial charge in [-0.05, 0) is 30.9 Å². The monoisotopic (exact) mass is 426 g/mol. The number of hydrogen-bond acceptors (Lipinski definition) is 7. The largest absolute Gasteiger partial charge is 0.475 e. The molecule has 1 fully saturated rings. The van der Waals surface area contributed by atoms with E-state index in [1.165, 1.54) is 6.42 Å². The minimum Gasteiger partial charge on any atom is -0.475 e. The van der Waals surface area contributed by atoms with Crippen molar-refractivity contribution < 1.29 is 4.74 Å². The zero-order valence-electron chi connectivity index (χ0n) is 19.8. The third kappa shape index (κ3) is 5.64. The molecule has 0 amide bonds. The third-order valence-electron chi connectivity index (χ3n) is 5.65. The molecule has 31 heavy (non-hydrogen) atoms. The second-order valence-electron chi connectivity index (χ2n) is 8.33. The average molecular weight is 427 g/mol. The highest BCUT2D eigenvalue weighted by Gasteiger charge is 2.23. The SMILES string of the molecule is CCCCCOc1nc(CC)c(-c2ccc(C(C)C)nc2N2CCNCC2)nc1NC. The number of piperazine rings is 1. The van der Waals surface area contributed by atoms with E-state index in [0.29, 0.717) is 24.2 Å². The van der Waals surface area contributed by atoms with Crippen LogP contribution in [-0.4, -0.2) is 54.8 Å². The van der Waals surface area contributed by atoms with E-state index in [1.54, 1.807) is 0 Å². The summed E-state index contributed by atoms with van der Waals surface area (Å²) in [7, 11) is 1.87. The van der Waals surface area contributed by atoms with Crippen LogP contribution in [0.25, 0.3) is 11.3 Å². The predicted molar refractivity (Wildman–Crippen MR) is 128 cm³/mol. The number of aryl methyl sites for hydroxylation is 1. The fourth-order valence-corrected chi connectivity index (χ4v) is 3.79. The first-order valence-electron chi connectivity index (χ1n) is 11.8. The Morgan fingerprint density at radius 1 is 1.10 bits per heavy atom. The van der Waals surface area contributed by atoms with Crippen molar-refractivity contribution >= 4 is 11.6 Å². The number of unbranched alkanes of at least 4 members (excludes halogenated alkanes) is 2.